The van der Waals surface area contributed by atoms with E-state index >= 15 is 0 Å². The summed E-state index contributed by atoms with van der Waals surface area (Å²) in [6.45, 7) is 0. The monoisotopic (exact) mass is 190 g/mol. The molecule has 0 aliphatic heterocycles. The Morgan fingerprint density at radius 3 is 2.71 bits per heavy atom. The van der Waals surface area contributed by atoms with Crippen LogP contribution in [0.25, 0.3) is 16.5 Å². The van der Waals surface area contributed by atoms with E-state index in [-0.39, 0.29) is 5.70 Å². The van der Waals surface area contributed by atoms with Crippen LogP contribution >= 0.6 is 0 Å². The van der Waals surface area contributed by atoms with Crippen molar-refractivity contribution in [3.05, 3.63) is 46.2 Å². The second-order valence-electron chi connectivity index (χ2n) is 2.30. The van der Waals surface area contributed by atoms with Crippen LogP contribution < -0.4 is 0 Å². The largest absolute Gasteiger partial charge is 0.478 e. The van der Waals surface area contributed by atoms with E-state index in [0.29, 0.717) is 5.56 Å². The molecule has 1 aromatic rings. The topological polar surface area (TPSA) is 99.0 Å². The third-order valence-electron chi connectivity index (χ3n) is 1.38. The number of azide groups is 1. The van der Waals surface area contributed by atoms with Gasteiger partial charge in [0.2, 0.25) is 0 Å². The number of aromatic nitrogens is 1. The maximum Gasteiger partial charge on any atom is 0.338 e. The number of nitrogens with zero attached hydrogens (tertiary/aromatic N) is 4. The Morgan fingerprint density at radius 1 is 1.57 bits per heavy atom. The molecule has 1 heterocycles. The Labute approximate surface area is 79.1 Å². The zero-order valence-electron chi connectivity index (χ0n) is 7.03. The maximum absolute atomic E-state index is 10.5. The van der Waals surface area contributed by atoms with Gasteiger partial charge in [0.15, 0.2) is 0 Å². The molecule has 6 nitrogen and oxygen atoms in total. The van der Waals surface area contributed by atoms with Crippen molar-refractivity contribution in [2.24, 2.45) is 5.11 Å². The fraction of sp³-hybridized carbons (Fsp3) is 0. The van der Waals surface area contributed by atoms with E-state index in [2.05, 4.69) is 15.0 Å². The quantitative estimate of drug-likeness (QED) is 0.340. The lowest BCUT2D eigenvalue weighted by Gasteiger charge is -1.93. The van der Waals surface area contributed by atoms with Crippen LogP contribution in [0.1, 0.15) is 5.56 Å². The van der Waals surface area contributed by atoms with E-state index < -0.39 is 5.97 Å². The molecular weight excluding hydrogens is 184 g/mol. The fourth-order valence-electron chi connectivity index (χ4n) is 0.799. The molecular formula is C8H6N4O2. The van der Waals surface area contributed by atoms with Gasteiger partial charge in [0.25, 0.3) is 0 Å². The number of rotatable bonds is 3. The first-order valence-corrected chi connectivity index (χ1v) is 3.64. The fourth-order valence-corrected chi connectivity index (χ4v) is 0.799. The molecule has 0 fully saturated rings. The molecule has 0 radical (unpaired) electrons. The normalized spacial score (nSPS) is 10.4. The summed E-state index contributed by atoms with van der Waals surface area (Å²) in [6, 6.07) is 3.21. The Kier molecular flexibility index (Phi) is 3.23. The summed E-state index contributed by atoms with van der Waals surface area (Å²) in [5.41, 5.74) is 8.37. The highest BCUT2D eigenvalue weighted by Gasteiger charge is 2.03. The molecule has 0 bridgehead atoms. The first kappa shape index (κ1) is 9.76. The van der Waals surface area contributed by atoms with Gasteiger partial charge in [-0.1, -0.05) is 5.11 Å². The molecule has 6 heteroatoms. The van der Waals surface area contributed by atoms with Crippen molar-refractivity contribution >= 4 is 12.0 Å². The van der Waals surface area contributed by atoms with Gasteiger partial charge in [-0.3, -0.25) is 4.98 Å². The molecule has 0 spiro atoms. The first-order valence-electron chi connectivity index (χ1n) is 3.64. The van der Waals surface area contributed by atoms with Gasteiger partial charge in [-0.15, -0.1) is 0 Å². The van der Waals surface area contributed by atoms with Crippen LogP contribution in [0.4, 0.5) is 0 Å². The van der Waals surface area contributed by atoms with Crippen molar-refractivity contribution < 1.29 is 9.90 Å². The molecule has 0 amide bonds. The lowest BCUT2D eigenvalue weighted by atomic mass is 10.2. The standard InChI is InChI=1S/C8H6N4O2/c9-12-11-7(8(13)14)5-6-1-3-10-4-2-6/h1-5H,(H,13,14)/b7-5-. The zero-order chi connectivity index (χ0) is 10.4. The minimum absolute atomic E-state index is 0.348. The van der Waals surface area contributed by atoms with Crippen LogP contribution in [0.2, 0.25) is 0 Å². The third kappa shape index (κ3) is 2.62. The van der Waals surface area contributed by atoms with Crippen molar-refractivity contribution in [2.75, 3.05) is 0 Å². The van der Waals surface area contributed by atoms with Crippen molar-refractivity contribution in [3.8, 4) is 0 Å². The number of carboxylic acid groups (broad SMARTS) is 1. The van der Waals surface area contributed by atoms with E-state index in [4.69, 9.17) is 10.6 Å². The van der Waals surface area contributed by atoms with Crippen LogP contribution in [0, 0.1) is 0 Å². The lowest BCUT2D eigenvalue weighted by Crippen LogP contribution is -1.96. The van der Waals surface area contributed by atoms with Gasteiger partial charge in [0, 0.05) is 17.3 Å². The number of hydrogen-bond acceptors (Lipinski definition) is 3. The van der Waals surface area contributed by atoms with Crippen molar-refractivity contribution in [1.82, 2.24) is 4.98 Å². The van der Waals surface area contributed by atoms with Gasteiger partial charge in [-0.2, -0.15) is 0 Å². The highest BCUT2D eigenvalue weighted by Crippen LogP contribution is 2.06. The van der Waals surface area contributed by atoms with Gasteiger partial charge in [0.1, 0.15) is 5.70 Å². The van der Waals surface area contributed by atoms with Crippen LogP contribution in [-0.2, 0) is 4.79 Å². The molecule has 1 rings (SSSR count). The summed E-state index contributed by atoms with van der Waals surface area (Å²) in [6.07, 6.45) is 4.30. The van der Waals surface area contributed by atoms with E-state index in [0.717, 1.165) is 0 Å². The van der Waals surface area contributed by atoms with E-state index in [1.54, 1.807) is 12.1 Å². The molecule has 0 aliphatic rings. The van der Waals surface area contributed by atoms with Gasteiger partial charge >= 0.3 is 5.97 Å². The number of aliphatic carboxylic acids is 1. The van der Waals surface area contributed by atoms with Gasteiger partial charge < -0.3 is 5.11 Å². The number of hydrogen-bond donors (Lipinski definition) is 1. The third-order valence-corrected chi connectivity index (χ3v) is 1.38. The summed E-state index contributed by atoms with van der Waals surface area (Å²) in [7, 11) is 0. The van der Waals surface area contributed by atoms with E-state index in [1.807, 2.05) is 0 Å². The summed E-state index contributed by atoms with van der Waals surface area (Å²) in [4.78, 5) is 16.7. The minimum Gasteiger partial charge on any atom is -0.478 e. The van der Waals surface area contributed by atoms with Crippen molar-refractivity contribution in [2.45, 2.75) is 0 Å². The van der Waals surface area contributed by atoms with Gasteiger partial charge in [-0.05, 0) is 29.3 Å². The second-order valence-corrected chi connectivity index (χ2v) is 2.30. The average Bonchev–Trinajstić information content (AvgIpc) is 2.18. The molecule has 0 aliphatic carbocycles. The highest BCUT2D eigenvalue weighted by atomic mass is 16.4. The number of pyridine rings is 1. The van der Waals surface area contributed by atoms with Crippen LogP contribution in [0.3, 0.4) is 0 Å². The predicted molar refractivity (Wildman–Crippen MR) is 49.0 cm³/mol. The summed E-state index contributed by atoms with van der Waals surface area (Å²) < 4.78 is 0. The molecule has 0 saturated carbocycles. The van der Waals surface area contributed by atoms with Crippen LogP contribution in [0.5, 0.6) is 0 Å². The molecule has 70 valence electrons. The maximum atomic E-state index is 10.5. The molecule has 1 aromatic heterocycles. The Morgan fingerprint density at radius 2 is 2.21 bits per heavy atom. The molecule has 0 saturated heterocycles. The zero-order valence-corrected chi connectivity index (χ0v) is 7.03. The van der Waals surface area contributed by atoms with Crippen molar-refractivity contribution in [1.29, 1.82) is 0 Å². The minimum atomic E-state index is -1.26. The summed E-state index contributed by atoms with van der Waals surface area (Å²) in [5, 5.41) is 11.7. The van der Waals surface area contributed by atoms with Gasteiger partial charge in [0.05, 0.1) is 0 Å². The summed E-state index contributed by atoms with van der Waals surface area (Å²) in [5.74, 6) is -1.26. The Balaban J connectivity index is 3.05. The van der Waals surface area contributed by atoms with E-state index in [1.165, 1.54) is 18.5 Å². The average molecular weight is 190 g/mol. The molecule has 1 N–H and O–H groups in total. The van der Waals surface area contributed by atoms with Crippen molar-refractivity contribution in [3.63, 3.8) is 0 Å². The SMILES string of the molecule is [N-]=[N+]=N/C(=C\c1ccncc1)C(=O)O. The Bertz CT molecular complexity index is 403. The second kappa shape index (κ2) is 4.64. The molecule has 0 atom stereocenters. The van der Waals surface area contributed by atoms with Crippen LogP contribution in [0.15, 0.2) is 35.3 Å². The number of carbonyl (C=O) groups is 1. The Hall–Kier alpha value is -2.33. The van der Waals surface area contributed by atoms with Gasteiger partial charge in [-0.25, -0.2) is 4.79 Å². The number of carboxylic acids is 1. The lowest BCUT2D eigenvalue weighted by molar-refractivity contribution is -0.132. The molecule has 0 aromatic carbocycles. The predicted octanol–water partition coefficient (Wildman–Crippen LogP) is 1.82. The smallest absolute Gasteiger partial charge is 0.338 e. The molecule has 14 heavy (non-hydrogen) atoms. The molecule has 0 unspecified atom stereocenters. The summed E-state index contributed by atoms with van der Waals surface area (Å²) >= 11 is 0. The highest BCUT2D eigenvalue weighted by molar-refractivity contribution is 5.91. The van der Waals surface area contributed by atoms with E-state index in [9.17, 15) is 4.79 Å². The first-order chi connectivity index (χ1) is 6.74. The van der Waals surface area contributed by atoms with Crippen LogP contribution in [-0.4, -0.2) is 16.1 Å².